The van der Waals surface area contributed by atoms with Crippen LogP contribution in [-0.4, -0.2) is 46.3 Å². The largest absolute Gasteiger partial charge is 0.358 e. The maximum absolute atomic E-state index is 10.7. The second-order valence-corrected chi connectivity index (χ2v) is 4.14. The predicted molar refractivity (Wildman–Crippen MR) is 65.1 cm³/mol. The molecule has 0 saturated carbocycles. The van der Waals surface area contributed by atoms with Gasteiger partial charge in [0, 0.05) is 26.1 Å². The number of nitro groups is 1. The summed E-state index contributed by atoms with van der Waals surface area (Å²) >= 11 is 5.64. The highest BCUT2D eigenvalue weighted by atomic mass is 35.5. The van der Waals surface area contributed by atoms with E-state index in [9.17, 15) is 10.1 Å². The summed E-state index contributed by atoms with van der Waals surface area (Å²) < 4.78 is 1.32. The lowest BCUT2D eigenvalue weighted by Crippen LogP contribution is -2.27. The van der Waals surface area contributed by atoms with E-state index in [2.05, 4.69) is 10.00 Å². The van der Waals surface area contributed by atoms with Crippen LogP contribution in [0.4, 0.5) is 5.82 Å². The zero-order valence-electron chi connectivity index (χ0n) is 9.67. The minimum absolute atomic E-state index is 0.0727. The first-order valence-electron chi connectivity index (χ1n) is 5.31. The van der Waals surface area contributed by atoms with E-state index in [0.29, 0.717) is 13.1 Å². The molecular formula is C9H16ClN5O2. The van der Waals surface area contributed by atoms with Gasteiger partial charge in [-0.1, -0.05) is 16.7 Å². The maximum atomic E-state index is 10.7. The van der Waals surface area contributed by atoms with Crippen molar-refractivity contribution >= 4 is 17.4 Å². The van der Waals surface area contributed by atoms with E-state index in [4.69, 9.17) is 17.3 Å². The van der Waals surface area contributed by atoms with Crippen LogP contribution in [0.25, 0.3) is 0 Å². The Labute approximate surface area is 104 Å². The molecule has 0 amide bonds. The van der Waals surface area contributed by atoms with Crippen molar-refractivity contribution in [1.29, 1.82) is 0 Å². The van der Waals surface area contributed by atoms with Crippen molar-refractivity contribution in [3.05, 3.63) is 21.3 Å². The highest BCUT2D eigenvalue weighted by Crippen LogP contribution is 2.17. The molecule has 0 spiro atoms. The summed E-state index contributed by atoms with van der Waals surface area (Å²) in [7, 11) is 1.96. The lowest BCUT2D eigenvalue weighted by Gasteiger charge is -2.13. The summed E-state index contributed by atoms with van der Waals surface area (Å²) in [5, 5.41) is 14.7. The summed E-state index contributed by atoms with van der Waals surface area (Å²) in [5.74, 6) is -0.0727. The van der Waals surface area contributed by atoms with Crippen molar-refractivity contribution in [2.24, 2.45) is 5.73 Å². The van der Waals surface area contributed by atoms with E-state index in [-0.39, 0.29) is 11.0 Å². The molecular weight excluding hydrogens is 246 g/mol. The molecule has 2 N–H and O–H groups in total. The number of rotatable bonds is 7. The van der Waals surface area contributed by atoms with Crippen LogP contribution in [0.15, 0.2) is 6.07 Å². The van der Waals surface area contributed by atoms with Crippen molar-refractivity contribution in [3.8, 4) is 0 Å². The van der Waals surface area contributed by atoms with Crippen molar-refractivity contribution in [2.75, 3.05) is 26.7 Å². The first-order chi connectivity index (χ1) is 8.04. The zero-order valence-corrected chi connectivity index (χ0v) is 10.4. The Bertz CT molecular complexity index is 381. The van der Waals surface area contributed by atoms with Gasteiger partial charge >= 0.3 is 5.82 Å². The standard InChI is InChI=1S/C9H16ClN5O2/c1-13(6-3-11)4-2-5-14-9(15(16)17)7-8(10)12-14/h7H,2-6,11H2,1H3. The molecule has 0 atom stereocenters. The third-order valence-corrected chi connectivity index (χ3v) is 2.52. The SMILES string of the molecule is CN(CCN)CCCn1nc(Cl)cc1[N+](=O)[O-]. The molecule has 0 bridgehead atoms. The minimum atomic E-state index is -0.484. The van der Waals surface area contributed by atoms with Crippen LogP contribution < -0.4 is 5.73 Å². The van der Waals surface area contributed by atoms with E-state index in [0.717, 1.165) is 19.5 Å². The van der Waals surface area contributed by atoms with Crippen molar-refractivity contribution in [1.82, 2.24) is 14.7 Å². The van der Waals surface area contributed by atoms with Crippen LogP contribution in [0.2, 0.25) is 5.15 Å². The molecule has 96 valence electrons. The Morgan fingerprint density at radius 3 is 2.94 bits per heavy atom. The lowest BCUT2D eigenvalue weighted by atomic mass is 10.4. The van der Waals surface area contributed by atoms with E-state index in [1.54, 1.807) is 0 Å². The highest BCUT2D eigenvalue weighted by molar-refractivity contribution is 6.29. The lowest BCUT2D eigenvalue weighted by molar-refractivity contribution is -0.392. The summed E-state index contributed by atoms with van der Waals surface area (Å²) in [6.45, 7) is 2.69. The summed E-state index contributed by atoms with van der Waals surface area (Å²) in [6, 6.07) is 1.26. The molecule has 0 aliphatic heterocycles. The first kappa shape index (κ1) is 13.9. The Kier molecular flexibility index (Phi) is 5.33. The molecule has 0 aromatic carbocycles. The van der Waals surface area contributed by atoms with Gasteiger partial charge < -0.3 is 20.7 Å². The summed E-state index contributed by atoms with van der Waals surface area (Å²) in [6.07, 6.45) is 0.759. The van der Waals surface area contributed by atoms with Gasteiger partial charge in [-0.2, -0.15) is 0 Å². The average Bonchev–Trinajstić information content (AvgIpc) is 2.60. The molecule has 0 saturated heterocycles. The smallest absolute Gasteiger partial charge is 0.346 e. The Morgan fingerprint density at radius 2 is 2.35 bits per heavy atom. The third-order valence-electron chi connectivity index (χ3n) is 2.34. The number of hydrogen-bond acceptors (Lipinski definition) is 5. The molecule has 1 aromatic heterocycles. The molecule has 0 aliphatic rings. The molecule has 8 heteroatoms. The Morgan fingerprint density at radius 1 is 1.65 bits per heavy atom. The van der Waals surface area contributed by atoms with Gasteiger partial charge in [0.1, 0.15) is 6.54 Å². The van der Waals surface area contributed by atoms with E-state index in [1.807, 2.05) is 7.05 Å². The van der Waals surface area contributed by atoms with Crippen LogP contribution in [0.5, 0.6) is 0 Å². The number of hydrogen-bond donors (Lipinski definition) is 1. The molecule has 0 unspecified atom stereocenters. The van der Waals surface area contributed by atoms with Gasteiger partial charge in [0.25, 0.3) is 0 Å². The number of nitrogens with two attached hydrogens (primary N) is 1. The monoisotopic (exact) mass is 261 g/mol. The van der Waals surface area contributed by atoms with Crippen molar-refractivity contribution in [2.45, 2.75) is 13.0 Å². The second-order valence-electron chi connectivity index (χ2n) is 3.75. The Hall–Kier alpha value is -1.18. The van der Waals surface area contributed by atoms with Crippen LogP contribution in [0.3, 0.4) is 0 Å². The van der Waals surface area contributed by atoms with Crippen molar-refractivity contribution in [3.63, 3.8) is 0 Å². The fraction of sp³-hybridized carbons (Fsp3) is 0.667. The van der Waals surface area contributed by atoms with Crippen LogP contribution >= 0.6 is 11.6 Å². The quantitative estimate of drug-likeness (QED) is 0.577. The number of aryl methyl sites for hydroxylation is 1. The fourth-order valence-corrected chi connectivity index (χ4v) is 1.70. The predicted octanol–water partition coefficient (Wildman–Crippen LogP) is 0.725. The fourth-order valence-electron chi connectivity index (χ4n) is 1.51. The molecule has 1 heterocycles. The average molecular weight is 262 g/mol. The van der Waals surface area contributed by atoms with E-state index >= 15 is 0 Å². The minimum Gasteiger partial charge on any atom is -0.358 e. The van der Waals surface area contributed by atoms with Gasteiger partial charge in [0.05, 0.1) is 6.07 Å². The van der Waals surface area contributed by atoms with Gasteiger partial charge in [0.2, 0.25) is 0 Å². The van der Waals surface area contributed by atoms with Gasteiger partial charge in [-0.3, -0.25) is 0 Å². The normalized spacial score (nSPS) is 11.1. The summed E-state index contributed by atoms with van der Waals surface area (Å²) in [5.41, 5.74) is 5.41. The topological polar surface area (TPSA) is 90.2 Å². The van der Waals surface area contributed by atoms with Gasteiger partial charge in [0.15, 0.2) is 5.15 Å². The number of likely N-dealkylation sites (N-methyl/N-ethyl adjacent to an activating group) is 1. The summed E-state index contributed by atoms with van der Waals surface area (Å²) in [4.78, 5) is 12.3. The zero-order chi connectivity index (χ0) is 12.8. The van der Waals surface area contributed by atoms with Gasteiger partial charge in [-0.15, -0.1) is 4.68 Å². The highest BCUT2D eigenvalue weighted by Gasteiger charge is 2.16. The van der Waals surface area contributed by atoms with Crippen molar-refractivity contribution < 1.29 is 4.92 Å². The van der Waals surface area contributed by atoms with Crippen LogP contribution in [0, 0.1) is 10.1 Å². The van der Waals surface area contributed by atoms with Crippen LogP contribution in [-0.2, 0) is 6.54 Å². The van der Waals surface area contributed by atoms with Crippen LogP contribution in [0.1, 0.15) is 6.42 Å². The molecule has 17 heavy (non-hydrogen) atoms. The van der Waals surface area contributed by atoms with Gasteiger partial charge in [-0.25, -0.2) is 0 Å². The first-order valence-corrected chi connectivity index (χ1v) is 5.68. The Balaban J connectivity index is 2.49. The van der Waals surface area contributed by atoms with Gasteiger partial charge in [-0.05, 0) is 12.0 Å². The molecule has 7 nitrogen and oxygen atoms in total. The number of nitrogens with zero attached hydrogens (tertiary/aromatic N) is 4. The molecule has 1 aromatic rings. The molecule has 0 aliphatic carbocycles. The van der Waals surface area contributed by atoms with E-state index < -0.39 is 4.92 Å². The molecule has 0 fully saturated rings. The third kappa shape index (κ3) is 4.29. The molecule has 0 radical (unpaired) electrons. The van der Waals surface area contributed by atoms with E-state index in [1.165, 1.54) is 10.7 Å². The second kappa shape index (κ2) is 6.53. The number of halogens is 1. The molecule has 1 rings (SSSR count). The number of aromatic nitrogens is 2. The maximum Gasteiger partial charge on any atom is 0.346 e.